The maximum absolute atomic E-state index is 13.0. The fourth-order valence-corrected chi connectivity index (χ4v) is 3.67. The lowest BCUT2D eigenvalue weighted by atomic mass is 9.95. The number of benzene rings is 1. The Morgan fingerprint density at radius 2 is 1.79 bits per heavy atom. The van der Waals surface area contributed by atoms with Gasteiger partial charge in [-0.25, -0.2) is 4.98 Å². The monoisotopic (exact) mass is 394 g/mol. The van der Waals surface area contributed by atoms with Crippen LogP contribution >= 0.6 is 0 Å². The largest absolute Gasteiger partial charge is 0.353 e. The highest BCUT2D eigenvalue weighted by Crippen LogP contribution is 2.17. The Bertz CT molecular complexity index is 786. The molecule has 3 rings (SSSR count). The minimum atomic E-state index is -0.182. The number of hydrogen-bond acceptors (Lipinski definition) is 4. The van der Waals surface area contributed by atoms with Gasteiger partial charge >= 0.3 is 0 Å². The van der Waals surface area contributed by atoms with E-state index in [9.17, 15) is 9.59 Å². The lowest BCUT2D eigenvalue weighted by Crippen LogP contribution is -2.40. The van der Waals surface area contributed by atoms with E-state index in [0.717, 1.165) is 30.5 Å². The molecular formula is C23H30N4O2. The van der Waals surface area contributed by atoms with Gasteiger partial charge in [-0.1, -0.05) is 49.6 Å². The molecule has 0 unspecified atom stereocenters. The van der Waals surface area contributed by atoms with Crippen LogP contribution in [0.15, 0.2) is 42.7 Å². The Balaban J connectivity index is 1.60. The third-order valence-corrected chi connectivity index (χ3v) is 5.38. The van der Waals surface area contributed by atoms with Gasteiger partial charge in [0.25, 0.3) is 5.91 Å². The Morgan fingerprint density at radius 1 is 1.03 bits per heavy atom. The van der Waals surface area contributed by atoms with E-state index in [1.54, 1.807) is 11.1 Å². The van der Waals surface area contributed by atoms with Gasteiger partial charge in [-0.05, 0) is 31.7 Å². The summed E-state index contributed by atoms with van der Waals surface area (Å²) < 4.78 is 0. The van der Waals surface area contributed by atoms with Crippen molar-refractivity contribution in [3.63, 3.8) is 0 Å². The molecule has 1 heterocycles. The summed E-state index contributed by atoms with van der Waals surface area (Å²) in [6, 6.07) is 10.3. The summed E-state index contributed by atoms with van der Waals surface area (Å²) in [5.74, 6) is -0.164. The van der Waals surface area contributed by atoms with Gasteiger partial charge in [0.05, 0.1) is 11.9 Å². The van der Waals surface area contributed by atoms with Crippen LogP contribution in [0.2, 0.25) is 0 Å². The molecule has 0 saturated heterocycles. The number of rotatable bonds is 8. The summed E-state index contributed by atoms with van der Waals surface area (Å²) in [7, 11) is 0. The van der Waals surface area contributed by atoms with Crippen LogP contribution in [0.5, 0.6) is 0 Å². The van der Waals surface area contributed by atoms with E-state index in [-0.39, 0.29) is 17.9 Å². The topological polar surface area (TPSA) is 75.2 Å². The zero-order valence-corrected chi connectivity index (χ0v) is 17.1. The zero-order chi connectivity index (χ0) is 20.5. The summed E-state index contributed by atoms with van der Waals surface area (Å²) in [5.41, 5.74) is 2.24. The third kappa shape index (κ3) is 6.66. The number of amides is 2. The highest BCUT2D eigenvalue weighted by Gasteiger charge is 2.20. The van der Waals surface area contributed by atoms with Crippen molar-refractivity contribution in [2.24, 2.45) is 0 Å². The standard InChI is InChI=1S/C23H30N4O2/c1-18-16-25-21(17-24-18)23(29)27(14-12-19-8-4-2-5-9-19)15-13-22(28)26-20-10-6-3-7-11-20/h2,4-5,8-9,16-17,20H,3,6-7,10-15H2,1H3,(H,26,28). The number of hydrogen-bond donors (Lipinski definition) is 1. The minimum absolute atomic E-state index is 0.0180. The van der Waals surface area contributed by atoms with Crippen LogP contribution in [0.3, 0.4) is 0 Å². The van der Waals surface area contributed by atoms with Crippen LogP contribution in [0, 0.1) is 6.92 Å². The van der Waals surface area contributed by atoms with E-state index < -0.39 is 0 Å². The smallest absolute Gasteiger partial charge is 0.274 e. The Morgan fingerprint density at radius 3 is 2.48 bits per heavy atom. The van der Waals surface area contributed by atoms with Gasteiger partial charge < -0.3 is 10.2 Å². The molecule has 0 atom stereocenters. The lowest BCUT2D eigenvalue weighted by Gasteiger charge is -2.25. The summed E-state index contributed by atoms with van der Waals surface area (Å²) in [6.07, 6.45) is 9.87. The average Bonchev–Trinajstić information content (AvgIpc) is 2.75. The van der Waals surface area contributed by atoms with Gasteiger partial charge in [0.2, 0.25) is 5.91 Å². The molecule has 0 aliphatic heterocycles. The summed E-state index contributed by atoms with van der Waals surface area (Å²) in [6.45, 7) is 2.75. The Hall–Kier alpha value is -2.76. The highest BCUT2D eigenvalue weighted by atomic mass is 16.2. The summed E-state index contributed by atoms with van der Waals surface area (Å²) in [5, 5.41) is 3.13. The molecule has 1 N–H and O–H groups in total. The molecule has 1 aromatic carbocycles. The number of nitrogens with zero attached hydrogens (tertiary/aromatic N) is 3. The molecule has 1 aromatic heterocycles. The van der Waals surface area contributed by atoms with E-state index in [4.69, 9.17) is 0 Å². The molecule has 2 amide bonds. The molecule has 2 aromatic rings. The van der Waals surface area contributed by atoms with E-state index in [1.807, 2.05) is 37.3 Å². The van der Waals surface area contributed by atoms with Gasteiger partial charge in [0, 0.05) is 31.7 Å². The van der Waals surface area contributed by atoms with Crippen molar-refractivity contribution in [1.29, 1.82) is 0 Å². The van der Waals surface area contributed by atoms with E-state index >= 15 is 0 Å². The third-order valence-electron chi connectivity index (χ3n) is 5.38. The van der Waals surface area contributed by atoms with Gasteiger partial charge in [-0.3, -0.25) is 14.6 Å². The van der Waals surface area contributed by atoms with Gasteiger partial charge in [0.15, 0.2) is 0 Å². The number of carbonyl (C=O) groups is 2. The Labute approximate surface area is 172 Å². The van der Waals surface area contributed by atoms with Crippen LogP contribution in [-0.2, 0) is 11.2 Å². The van der Waals surface area contributed by atoms with Crippen molar-refractivity contribution in [1.82, 2.24) is 20.2 Å². The van der Waals surface area contributed by atoms with Crippen LogP contribution in [-0.4, -0.2) is 45.8 Å². The average molecular weight is 395 g/mol. The second kappa shape index (κ2) is 10.7. The van der Waals surface area contributed by atoms with Crippen molar-refractivity contribution in [3.8, 4) is 0 Å². The van der Waals surface area contributed by atoms with Crippen molar-refractivity contribution in [3.05, 3.63) is 59.7 Å². The molecule has 1 saturated carbocycles. The van der Waals surface area contributed by atoms with Crippen molar-refractivity contribution < 1.29 is 9.59 Å². The molecule has 6 nitrogen and oxygen atoms in total. The van der Waals surface area contributed by atoms with Crippen molar-refractivity contribution in [2.75, 3.05) is 13.1 Å². The van der Waals surface area contributed by atoms with Crippen molar-refractivity contribution in [2.45, 2.75) is 57.9 Å². The molecular weight excluding hydrogens is 364 g/mol. The normalized spacial score (nSPS) is 14.4. The molecule has 0 bridgehead atoms. The predicted octanol–water partition coefficient (Wildman–Crippen LogP) is 3.31. The lowest BCUT2D eigenvalue weighted by molar-refractivity contribution is -0.122. The molecule has 154 valence electrons. The second-order valence-corrected chi connectivity index (χ2v) is 7.72. The molecule has 1 aliphatic rings. The first-order valence-corrected chi connectivity index (χ1v) is 10.5. The summed E-state index contributed by atoms with van der Waals surface area (Å²) >= 11 is 0. The molecule has 29 heavy (non-hydrogen) atoms. The number of aromatic nitrogens is 2. The van der Waals surface area contributed by atoms with Gasteiger partial charge in [-0.2, -0.15) is 0 Å². The van der Waals surface area contributed by atoms with E-state index in [2.05, 4.69) is 15.3 Å². The number of nitrogens with one attached hydrogen (secondary N) is 1. The molecule has 1 fully saturated rings. The van der Waals surface area contributed by atoms with Crippen LogP contribution in [0.1, 0.15) is 60.3 Å². The maximum Gasteiger partial charge on any atom is 0.274 e. The van der Waals surface area contributed by atoms with Crippen LogP contribution < -0.4 is 5.32 Å². The number of carbonyl (C=O) groups excluding carboxylic acids is 2. The predicted molar refractivity (Wildman–Crippen MR) is 112 cm³/mol. The minimum Gasteiger partial charge on any atom is -0.353 e. The molecule has 1 aliphatic carbocycles. The first-order valence-electron chi connectivity index (χ1n) is 10.5. The second-order valence-electron chi connectivity index (χ2n) is 7.72. The van der Waals surface area contributed by atoms with E-state index in [0.29, 0.717) is 25.2 Å². The molecule has 6 heteroatoms. The van der Waals surface area contributed by atoms with Crippen molar-refractivity contribution >= 4 is 11.8 Å². The van der Waals surface area contributed by atoms with E-state index in [1.165, 1.54) is 25.5 Å². The first-order chi connectivity index (χ1) is 14.1. The fourth-order valence-electron chi connectivity index (χ4n) is 3.67. The van der Waals surface area contributed by atoms with Crippen LogP contribution in [0.4, 0.5) is 0 Å². The zero-order valence-electron chi connectivity index (χ0n) is 17.1. The molecule has 0 spiro atoms. The summed E-state index contributed by atoms with van der Waals surface area (Å²) in [4.78, 5) is 35.5. The highest BCUT2D eigenvalue weighted by molar-refractivity contribution is 5.92. The fraction of sp³-hybridized carbons (Fsp3) is 0.478. The van der Waals surface area contributed by atoms with Gasteiger partial charge in [-0.15, -0.1) is 0 Å². The SMILES string of the molecule is Cc1cnc(C(=O)N(CCC(=O)NC2CCCCC2)CCc2ccccc2)cn1. The van der Waals surface area contributed by atoms with Crippen LogP contribution in [0.25, 0.3) is 0 Å². The first kappa shape index (κ1) is 21.0. The van der Waals surface area contributed by atoms with Gasteiger partial charge in [0.1, 0.15) is 5.69 Å². The maximum atomic E-state index is 13.0. The number of aryl methyl sites for hydroxylation is 1. The Kier molecular flexibility index (Phi) is 7.73. The quantitative estimate of drug-likeness (QED) is 0.745. The molecule has 0 radical (unpaired) electrons.